The Morgan fingerprint density at radius 1 is 1.23 bits per heavy atom. The molecule has 3 rings (SSSR count). The standard InChI is InChI=1S/C16H19F3N6S/c1-9-10(2)14-21-22-15(16(17,18)19)25(14)23-13(9)20-8-11(24(3)4)12-6-5-7-26-12/h5-7,11H,8H2,1-4H3,(H,20,23). The highest BCUT2D eigenvalue weighted by atomic mass is 32.1. The number of hydrogen-bond acceptors (Lipinski definition) is 6. The van der Waals surface area contributed by atoms with E-state index < -0.39 is 12.0 Å². The van der Waals surface area contributed by atoms with Gasteiger partial charge < -0.3 is 10.2 Å². The zero-order valence-corrected chi connectivity index (χ0v) is 15.6. The number of rotatable bonds is 5. The van der Waals surface area contributed by atoms with Crippen LogP contribution in [-0.4, -0.2) is 45.4 Å². The van der Waals surface area contributed by atoms with Gasteiger partial charge in [-0.1, -0.05) is 6.07 Å². The van der Waals surface area contributed by atoms with Crippen molar-refractivity contribution >= 4 is 22.8 Å². The lowest BCUT2D eigenvalue weighted by molar-refractivity contribution is -0.146. The Morgan fingerprint density at radius 2 is 1.96 bits per heavy atom. The second kappa shape index (κ2) is 6.84. The first-order valence-corrected chi connectivity index (χ1v) is 8.81. The van der Waals surface area contributed by atoms with Crippen LogP contribution in [0.15, 0.2) is 17.5 Å². The van der Waals surface area contributed by atoms with Crippen molar-refractivity contribution in [2.24, 2.45) is 0 Å². The molecule has 0 saturated carbocycles. The molecule has 0 amide bonds. The third-order valence-corrected chi connectivity index (χ3v) is 5.28. The zero-order valence-electron chi connectivity index (χ0n) is 14.8. The lowest BCUT2D eigenvalue weighted by atomic mass is 10.1. The molecule has 0 spiro atoms. The molecule has 0 aliphatic carbocycles. The minimum atomic E-state index is -4.62. The number of halogens is 3. The molecular weight excluding hydrogens is 365 g/mol. The quantitative estimate of drug-likeness (QED) is 0.729. The molecule has 6 nitrogen and oxygen atoms in total. The number of aromatic nitrogens is 4. The summed E-state index contributed by atoms with van der Waals surface area (Å²) in [7, 11) is 3.92. The summed E-state index contributed by atoms with van der Waals surface area (Å²) >= 11 is 1.64. The van der Waals surface area contributed by atoms with E-state index in [4.69, 9.17) is 0 Å². The van der Waals surface area contributed by atoms with Crippen LogP contribution in [0.4, 0.5) is 19.0 Å². The van der Waals surface area contributed by atoms with Crippen molar-refractivity contribution < 1.29 is 13.2 Å². The van der Waals surface area contributed by atoms with E-state index in [0.717, 1.165) is 10.1 Å². The van der Waals surface area contributed by atoms with E-state index >= 15 is 0 Å². The Labute approximate surface area is 152 Å². The Balaban J connectivity index is 1.96. The molecule has 0 bridgehead atoms. The van der Waals surface area contributed by atoms with Crippen LogP contribution in [0.3, 0.4) is 0 Å². The van der Waals surface area contributed by atoms with Crippen LogP contribution in [0.25, 0.3) is 5.65 Å². The van der Waals surface area contributed by atoms with Crippen molar-refractivity contribution in [3.63, 3.8) is 0 Å². The third kappa shape index (κ3) is 3.38. The number of likely N-dealkylation sites (N-methyl/N-ethyl adjacent to an activating group) is 1. The van der Waals surface area contributed by atoms with E-state index in [-0.39, 0.29) is 11.7 Å². The van der Waals surface area contributed by atoms with Gasteiger partial charge in [-0.3, -0.25) is 0 Å². The molecule has 3 aromatic rings. The van der Waals surface area contributed by atoms with Gasteiger partial charge in [-0.15, -0.1) is 26.6 Å². The molecular formula is C16H19F3N6S. The van der Waals surface area contributed by atoms with E-state index in [0.29, 0.717) is 17.9 Å². The molecule has 26 heavy (non-hydrogen) atoms. The molecule has 1 N–H and O–H groups in total. The molecule has 3 heterocycles. The summed E-state index contributed by atoms with van der Waals surface area (Å²) in [4.78, 5) is 3.22. The third-order valence-electron chi connectivity index (χ3n) is 4.31. The van der Waals surface area contributed by atoms with E-state index in [1.807, 2.05) is 38.5 Å². The summed E-state index contributed by atoms with van der Waals surface area (Å²) in [5.41, 5.74) is 1.48. The van der Waals surface area contributed by atoms with E-state index in [1.54, 1.807) is 18.3 Å². The molecule has 140 valence electrons. The monoisotopic (exact) mass is 384 g/mol. The zero-order chi connectivity index (χ0) is 19.1. The topological polar surface area (TPSA) is 58.4 Å². The van der Waals surface area contributed by atoms with Gasteiger partial charge in [-0.2, -0.15) is 17.7 Å². The van der Waals surface area contributed by atoms with Gasteiger partial charge >= 0.3 is 6.18 Å². The summed E-state index contributed by atoms with van der Waals surface area (Å²) in [6, 6.07) is 4.09. The predicted octanol–water partition coefficient (Wildman–Crippen LogP) is 3.54. The molecule has 0 aromatic carbocycles. The maximum atomic E-state index is 13.1. The number of alkyl halides is 3. The lowest BCUT2D eigenvalue weighted by Gasteiger charge is -2.24. The predicted molar refractivity (Wildman–Crippen MR) is 94.5 cm³/mol. The number of fused-ring (bicyclic) bond motifs is 1. The number of thiophene rings is 1. The van der Waals surface area contributed by atoms with Gasteiger partial charge in [0.1, 0.15) is 5.82 Å². The fourth-order valence-corrected chi connectivity index (χ4v) is 3.61. The summed E-state index contributed by atoms with van der Waals surface area (Å²) in [5.74, 6) is -0.732. The first-order valence-electron chi connectivity index (χ1n) is 7.93. The first kappa shape index (κ1) is 18.6. The van der Waals surface area contributed by atoms with Gasteiger partial charge in [0.05, 0.1) is 6.04 Å². The van der Waals surface area contributed by atoms with Gasteiger partial charge in [0.2, 0.25) is 0 Å². The molecule has 3 aromatic heterocycles. The molecule has 0 fully saturated rings. The molecule has 1 unspecified atom stereocenters. The van der Waals surface area contributed by atoms with Crippen LogP contribution in [0.1, 0.15) is 27.9 Å². The summed E-state index contributed by atoms with van der Waals surface area (Å²) in [5, 5.41) is 16.2. The number of aryl methyl sites for hydroxylation is 1. The Morgan fingerprint density at radius 3 is 2.54 bits per heavy atom. The van der Waals surface area contributed by atoms with Gasteiger partial charge in [-0.05, 0) is 45.0 Å². The second-order valence-corrected chi connectivity index (χ2v) is 7.21. The van der Waals surface area contributed by atoms with Crippen LogP contribution in [-0.2, 0) is 6.18 Å². The Bertz CT molecular complexity index is 901. The largest absolute Gasteiger partial charge is 0.453 e. The first-order chi connectivity index (χ1) is 12.2. The van der Waals surface area contributed by atoms with Crippen LogP contribution < -0.4 is 5.32 Å². The molecule has 0 radical (unpaired) electrons. The normalized spacial score (nSPS) is 13.5. The van der Waals surface area contributed by atoms with Gasteiger partial charge in [0, 0.05) is 17.0 Å². The average molecular weight is 384 g/mol. The van der Waals surface area contributed by atoms with E-state index in [9.17, 15) is 13.2 Å². The van der Waals surface area contributed by atoms with E-state index in [1.165, 1.54) is 4.88 Å². The van der Waals surface area contributed by atoms with Crippen molar-refractivity contribution in [1.29, 1.82) is 0 Å². The maximum absolute atomic E-state index is 13.1. The van der Waals surface area contributed by atoms with Crippen molar-refractivity contribution in [2.45, 2.75) is 26.1 Å². The van der Waals surface area contributed by atoms with Crippen LogP contribution in [0, 0.1) is 13.8 Å². The fourth-order valence-electron chi connectivity index (χ4n) is 2.69. The van der Waals surface area contributed by atoms with Crippen molar-refractivity contribution in [3.05, 3.63) is 39.3 Å². The second-order valence-electron chi connectivity index (χ2n) is 6.23. The average Bonchev–Trinajstić information content (AvgIpc) is 3.20. The highest BCUT2D eigenvalue weighted by Crippen LogP contribution is 2.30. The van der Waals surface area contributed by atoms with Crippen molar-refractivity contribution in [1.82, 2.24) is 24.7 Å². The van der Waals surface area contributed by atoms with Gasteiger partial charge in [0.15, 0.2) is 5.65 Å². The Hall–Kier alpha value is -2.20. The number of nitrogens with zero attached hydrogens (tertiary/aromatic N) is 5. The van der Waals surface area contributed by atoms with Gasteiger partial charge in [0.25, 0.3) is 5.82 Å². The van der Waals surface area contributed by atoms with E-state index in [2.05, 4.69) is 25.5 Å². The molecule has 1 atom stereocenters. The minimum Gasteiger partial charge on any atom is -0.366 e. The Kier molecular flexibility index (Phi) is 4.89. The molecule has 0 saturated heterocycles. The van der Waals surface area contributed by atoms with Crippen LogP contribution in [0.5, 0.6) is 0 Å². The fraction of sp³-hybridized carbons (Fsp3) is 0.438. The van der Waals surface area contributed by atoms with Gasteiger partial charge in [-0.25, -0.2) is 0 Å². The number of hydrogen-bond donors (Lipinski definition) is 1. The molecule has 10 heteroatoms. The smallest absolute Gasteiger partial charge is 0.366 e. The minimum absolute atomic E-state index is 0.0789. The van der Waals surface area contributed by atoms with Crippen molar-refractivity contribution in [2.75, 3.05) is 26.0 Å². The summed E-state index contributed by atoms with van der Waals surface area (Å²) < 4.78 is 40.2. The van der Waals surface area contributed by atoms with Crippen LogP contribution in [0.2, 0.25) is 0 Å². The highest BCUT2D eigenvalue weighted by Gasteiger charge is 2.38. The number of nitrogens with one attached hydrogen (secondary N) is 1. The maximum Gasteiger partial charge on any atom is 0.453 e. The SMILES string of the molecule is Cc1c(NCC(c2cccs2)N(C)C)nn2c(C(F)(F)F)nnc2c1C. The molecule has 0 aliphatic rings. The summed E-state index contributed by atoms with van der Waals surface area (Å²) in [6.07, 6.45) is -4.62. The highest BCUT2D eigenvalue weighted by molar-refractivity contribution is 7.10. The van der Waals surface area contributed by atoms with Crippen LogP contribution >= 0.6 is 11.3 Å². The van der Waals surface area contributed by atoms with Crippen molar-refractivity contribution in [3.8, 4) is 0 Å². The summed E-state index contributed by atoms with van der Waals surface area (Å²) in [6.45, 7) is 4.03. The number of anilines is 1. The molecule has 0 aliphatic heterocycles. The lowest BCUT2D eigenvalue weighted by Crippen LogP contribution is -2.27.